The van der Waals surface area contributed by atoms with Crippen LogP contribution in [0.2, 0.25) is 5.02 Å². The van der Waals surface area contributed by atoms with E-state index in [9.17, 15) is 4.79 Å². The lowest BCUT2D eigenvalue weighted by Gasteiger charge is -2.16. The number of aryl methyl sites for hydroxylation is 1. The zero-order valence-electron chi connectivity index (χ0n) is 17.7. The normalized spacial score (nSPS) is 10.5. The minimum atomic E-state index is -0.262. The van der Waals surface area contributed by atoms with Gasteiger partial charge in [-0.2, -0.15) is 0 Å². The van der Waals surface area contributed by atoms with Gasteiger partial charge in [-0.05, 0) is 102 Å². The van der Waals surface area contributed by atoms with Crippen molar-refractivity contribution in [2.45, 2.75) is 20.4 Å². The van der Waals surface area contributed by atoms with Gasteiger partial charge in [-0.25, -0.2) is 0 Å². The summed E-state index contributed by atoms with van der Waals surface area (Å²) in [6.45, 7) is 4.98. The fourth-order valence-electron chi connectivity index (χ4n) is 3.02. The Bertz CT molecular complexity index is 1090. The van der Waals surface area contributed by atoms with Crippen LogP contribution in [-0.4, -0.2) is 19.1 Å². The van der Waals surface area contributed by atoms with E-state index >= 15 is 0 Å². The van der Waals surface area contributed by atoms with E-state index in [4.69, 9.17) is 21.1 Å². The van der Waals surface area contributed by atoms with Gasteiger partial charge in [0.2, 0.25) is 0 Å². The third kappa shape index (κ3) is 7.02. The van der Waals surface area contributed by atoms with Crippen molar-refractivity contribution in [3.63, 3.8) is 0 Å². The van der Waals surface area contributed by atoms with Gasteiger partial charge >= 0.3 is 0 Å². The maximum absolute atomic E-state index is 12.3. The summed E-state index contributed by atoms with van der Waals surface area (Å²) in [6, 6.07) is 17.0. The van der Waals surface area contributed by atoms with Crippen LogP contribution in [0, 0.1) is 10.5 Å². The zero-order chi connectivity index (χ0) is 23.1. The summed E-state index contributed by atoms with van der Waals surface area (Å²) < 4.78 is 13.6. The fourth-order valence-corrected chi connectivity index (χ4v) is 4.44. The van der Waals surface area contributed by atoms with Crippen LogP contribution in [0.5, 0.6) is 11.5 Å². The lowest BCUT2D eigenvalue weighted by molar-refractivity contribution is -0.118. The summed E-state index contributed by atoms with van der Waals surface area (Å²) in [5.74, 6) is 0.910. The summed E-state index contributed by atoms with van der Waals surface area (Å²) in [7, 11) is 0. The lowest BCUT2D eigenvalue weighted by atomic mass is 10.1. The van der Waals surface area contributed by atoms with E-state index in [2.05, 4.69) is 62.1 Å². The molecule has 0 spiro atoms. The largest absolute Gasteiger partial charge is 0.490 e. The van der Waals surface area contributed by atoms with Gasteiger partial charge in [0.05, 0.1) is 10.2 Å². The van der Waals surface area contributed by atoms with E-state index in [1.165, 1.54) is 0 Å². The molecular formula is C24H23BrClIN2O3. The third-order valence-electron chi connectivity index (χ3n) is 4.52. The molecule has 0 aromatic heterocycles. The molecule has 0 aliphatic rings. The van der Waals surface area contributed by atoms with Crippen LogP contribution in [0.25, 0.3) is 0 Å². The van der Waals surface area contributed by atoms with E-state index in [-0.39, 0.29) is 12.5 Å². The Morgan fingerprint density at radius 3 is 2.53 bits per heavy atom. The molecule has 168 valence electrons. The van der Waals surface area contributed by atoms with Gasteiger partial charge in [0.15, 0.2) is 18.1 Å². The van der Waals surface area contributed by atoms with E-state index < -0.39 is 0 Å². The molecule has 0 aliphatic heterocycles. The predicted molar refractivity (Wildman–Crippen MR) is 142 cm³/mol. The van der Waals surface area contributed by atoms with Gasteiger partial charge in [0, 0.05) is 27.4 Å². The van der Waals surface area contributed by atoms with Gasteiger partial charge in [-0.15, -0.1) is 0 Å². The van der Waals surface area contributed by atoms with Crippen LogP contribution in [0.15, 0.2) is 59.1 Å². The number of benzene rings is 3. The van der Waals surface area contributed by atoms with Gasteiger partial charge in [-0.1, -0.05) is 27.5 Å². The van der Waals surface area contributed by atoms with Gasteiger partial charge in [0.25, 0.3) is 5.91 Å². The molecule has 1 amide bonds. The molecule has 8 heteroatoms. The SMILES string of the molecule is CCOc1cc(CNc2ccc(Br)cc2C)cc(I)c1OCC(=O)Nc1ccc(Cl)cc1. The first kappa shape index (κ1) is 24.7. The molecule has 0 aliphatic carbocycles. The van der Waals surface area contributed by atoms with E-state index in [0.29, 0.717) is 35.4 Å². The van der Waals surface area contributed by atoms with Crippen LogP contribution >= 0.6 is 50.1 Å². The first-order valence-electron chi connectivity index (χ1n) is 9.99. The predicted octanol–water partition coefficient (Wildman–Crippen LogP) is 7.04. The molecular weight excluding hydrogens is 607 g/mol. The minimum absolute atomic E-state index is 0.131. The van der Waals surface area contributed by atoms with Crippen LogP contribution in [0.3, 0.4) is 0 Å². The Hall–Kier alpha value is -1.97. The number of hydrogen-bond donors (Lipinski definition) is 2. The number of nitrogens with one attached hydrogen (secondary N) is 2. The van der Waals surface area contributed by atoms with Crippen LogP contribution in [0.4, 0.5) is 11.4 Å². The molecule has 0 unspecified atom stereocenters. The number of hydrogen-bond acceptors (Lipinski definition) is 4. The third-order valence-corrected chi connectivity index (χ3v) is 6.06. The average Bonchev–Trinajstić information content (AvgIpc) is 2.74. The summed E-state index contributed by atoms with van der Waals surface area (Å²) in [5.41, 5.74) is 3.94. The average molecular weight is 630 g/mol. The second-order valence-electron chi connectivity index (χ2n) is 6.99. The first-order chi connectivity index (χ1) is 15.4. The van der Waals surface area contributed by atoms with Gasteiger partial charge < -0.3 is 20.1 Å². The molecule has 2 N–H and O–H groups in total. The van der Waals surface area contributed by atoms with Crippen molar-refractivity contribution in [3.8, 4) is 11.5 Å². The van der Waals surface area contributed by atoms with Gasteiger partial charge in [0.1, 0.15) is 0 Å². The second-order valence-corrected chi connectivity index (χ2v) is 9.51. The van der Waals surface area contributed by atoms with Crippen molar-refractivity contribution in [3.05, 3.63) is 78.8 Å². The molecule has 0 fully saturated rings. The topological polar surface area (TPSA) is 59.6 Å². The number of ether oxygens (including phenoxy) is 2. The second kappa shape index (κ2) is 11.8. The monoisotopic (exact) mass is 628 g/mol. The van der Waals surface area contributed by atoms with E-state index in [1.54, 1.807) is 24.3 Å². The molecule has 5 nitrogen and oxygen atoms in total. The van der Waals surface area contributed by atoms with Crippen molar-refractivity contribution in [1.29, 1.82) is 0 Å². The molecule has 32 heavy (non-hydrogen) atoms. The molecule has 3 rings (SSSR count). The zero-order valence-corrected chi connectivity index (χ0v) is 22.2. The maximum atomic E-state index is 12.3. The van der Waals surface area contributed by atoms with Crippen LogP contribution < -0.4 is 20.1 Å². The highest BCUT2D eigenvalue weighted by atomic mass is 127. The standard InChI is InChI=1S/C24H23BrClIN2O3/c1-3-31-22-12-16(13-28-21-9-4-17(25)10-15(21)2)11-20(27)24(22)32-14-23(30)29-19-7-5-18(26)6-8-19/h4-12,28H,3,13-14H2,1-2H3,(H,29,30). The highest BCUT2D eigenvalue weighted by Gasteiger charge is 2.14. The maximum Gasteiger partial charge on any atom is 0.262 e. The smallest absolute Gasteiger partial charge is 0.262 e. The van der Waals surface area contributed by atoms with Gasteiger partial charge in [-0.3, -0.25) is 4.79 Å². The minimum Gasteiger partial charge on any atom is -0.490 e. The molecule has 0 saturated carbocycles. The summed E-state index contributed by atoms with van der Waals surface area (Å²) in [6.07, 6.45) is 0. The number of rotatable bonds is 9. The Morgan fingerprint density at radius 2 is 1.84 bits per heavy atom. The molecule has 0 bridgehead atoms. The Balaban J connectivity index is 1.67. The van der Waals surface area contributed by atoms with Crippen molar-refractivity contribution in [1.82, 2.24) is 0 Å². The molecule has 3 aromatic rings. The fraction of sp³-hybridized carbons (Fsp3) is 0.208. The highest BCUT2D eigenvalue weighted by Crippen LogP contribution is 2.35. The Morgan fingerprint density at radius 1 is 1.09 bits per heavy atom. The van der Waals surface area contributed by atoms with E-state index in [1.807, 2.05) is 31.2 Å². The van der Waals surface area contributed by atoms with Crippen LogP contribution in [-0.2, 0) is 11.3 Å². The molecule has 0 heterocycles. The molecule has 0 saturated heterocycles. The first-order valence-corrected chi connectivity index (χ1v) is 12.2. The number of amides is 1. The van der Waals surface area contributed by atoms with Crippen molar-refractivity contribution >= 4 is 67.4 Å². The van der Waals surface area contributed by atoms with Crippen molar-refractivity contribution < 1.29 is 14.3 Å². The number of carbonyl (C=O) groups is 1. The van der Waals surface area contributed by atoms with E-state index in [0.717, 1.165) is 24.9 Å². The summed E-state index contributed by atoms with van der Waals surface area (Å²) in [5, 5.41) is 6.86. The van der Waals surface area contributed by atoms with Crippen LogP contribution in [0.1, 0.15) is 18.1 Å². The molecule has 3 aromatic carbocycles. The molecule has 0 radical (unpaired) electrons. The Labute approximate surface area is 215 Å². The lowest BCUT2D eigenvalue weighted by Crippen LogP contribution is -2.20. The van der Waals surface area contributed by atoms with Crippen molar-refractivity contribution in [2.24, 2.45) is 0 Å². The van der Waals surface area contributed by atoms with Crippen molar-refractivity contribution in [2.75, 3.05) is 23.8 Å². The summed E-state index contributed by atoms with van der Waals surface area (Å²) in [4.78, 5) is 12.3. The quantitative estimate of drug-likeness (QED) is 0.249. The number of anilines is 2. The number of halogens is 3. The Kier molecular flexibility index (Phi) is 9.07. The highest BCUT2D eigenvalue weighted by molar-refractivity contribution is 14.1. The summed E-state index contributed by atoms with van der Waals surface area (Å²) >= 11 is 11.6. The molecule has 0 atom stereocenters. The number of carbonyl (C=O) groups excluding carboxylic acids is 1.